The summed E-state index contributed by atoms with van der Waals surface area (Å²) in [7, 11) is 3.47. The molecular formula is C17H17NO2. The lowest BCUT2D eigenvalue weighted by Crippen LogP contribution is -2.36. The number of amides is 1. The third-order valence-electron chi connectivity index (χ3n) is 4.20. The Balaban J connectivity index is 2.17. The summed E-state index contributed by atoms with van der Waals surface area (Å²) in [4.78, 5) is 14.5. The van der Waals surface area contributed by atoms with E-state index in [4.69, 9.17) is 4.74 Å². The Morgan fingerprint density at radius 2 is 1.70 bits per heavy atom. The predicted octanol–water partition coefficient (Wildman–Crippen LogP) is 2.98. The molecule has 3 heteroatoms. The molecule has 0 saturated carbocycles. The Morgan fingerprint density at radius 1 is 1.05 bits per heavy atom. The number of fused-ring (bicyclic) bond motifs is 1. The number of hydrogen-bond acceptors (Lipinski definition) is 2. The van der Waals surface area contributed by atoms with Crippen LogP contribution in [0.5, 0.6) is 5.75 Å². The first-order valence-electron chi connectivity index (χ1n) is 6.61. The summed E-state index contributed by atoms with van der Waals surface area (Å²) >= 11 is 0. The number of carbonyl (C=O) groups excluding carboxylic acids is 1. The van der Waals surface area contributed by atoms with Crippen LogP contribution >= 0.6 is 0 Å². The van der Waals surface area contributed by atoms with Crippen molar-refractivity contribution in [1.82, 2.24) is 0 Å². The molecule has 1 heterocycles. The van der Waals surface area contributed by atoms with Crippen molar-refractivity contribution in [3.63, 3.8) is 0 Å². The second-order valence-corrected chi connectivity index (χ2v) is 5.23. The molecule has 0 saturated heterocycles. The molecule has 0 aliphatic carbocycles. The van der Waals surface area contributed by atoms with E-state index >= 15 is 0 Å². The van der Waals surface area contributed by atoms with Crippen molar-refractivity contribution in [2.45, 2.75) is 12.3 Å². The lowest BCUT2D eigenvalue weighted by molar-refractivity contribution is -0.121. The highest BCUT2D eigenvalue weighted by molar-refractivity contribution is 6.09. The molecule has 0 aromatic heterocycles. The summed E-state index contributed by atoms with van der Waals surface area (Å²) in [5.74, 6) is 0.897. The van der Waals surface area contributed by atoms with Gasteiger partial charge in [0.1, 0.15) is 5.75 Å². The van der Waals surface area contributed by atoms with Crippen LogP contribution in [0.2, 0.25) is 0 Å². The van der Waals surface area contributed by atoms with E-state index in [-0.39, 0.29) is 5.91 Å². The summed E-state index contributed by atoms with van der Waals surface area (Å²) in [5, 5.41) is 0. The van der Waals surface area contributed by atoms with E-state index < -0.39 is 5.41 Å². The molecule has 0 bridgehead atoms. The molecule has 20 heavy (non-hydrogen) atoms. The number of ether oxygens (including phenoxy) is 1. The van der Waals surface area contributed by atoms with Gasteiger partial charge in [-0.15, -0.1) is 0 Å². The van der Waals surface area contributed by atoms with Gasteiger partial charge in [-0.3, -0.25) is 4.79 Å². The molecule has 1 aliphatic heterocycles. The molecule has 0 spiro atoms. The van der Waals surface area contributed by atoms with Crippen LogP contribution in [0.1, 0.15) is 18.1 Å². The molecule has 3 nitrogen and oxygen atoms in total. The minimum Gasteiger partial charge on any atom is -0.497 e. The van der Waals surface area contributed by atoms with Gasteiger partial charge in [0, 0.05) is 12.7 Å². The van der Waals surface area contributed by atoms with Crippen LogP contribution in [0.3, 0.4) is 0 Å². The van der Waals surface area contributed by atoms with Gasteiger partial charge in [0.25, 0.3) is 0 Å². The van der Waals surface area contributed by atoms with Crippen molar-refractivity contribution in [1.29, 1.82) is 0 Å². The first kappa shape index (κ1) is 12.7. The van der Waals surface area contributed by atoms with Crippen LogP contribution in [0.25, 0.3) is 0 Å². The first-order valence-corrected chi connectivity index (χ1v) is 6.61. The van der Waals surface area contributed by atoms with Crippen molar-refractivity contribution in [3.05, 3.63) is 59.7 Å². The number of hydrogen-bond donors (Lipinski definition) is 0. The van der Waals surface area contributed by atoms with Gasteiger partial charge in [-0.25, -0.2) is 0 Å². The van der Waals surface area contributed by atoms with E-state index in [9.17, 15) is 4.79 Å². The summed E-state index contributed by atoms with van der Waals surface area (Å²) in [6, 6.07) is 15.7. The average Bonchev–Trinajstić information content (AvgIpc) is 2.71. The van der Waals surface area contributed by atoms with Gasteiger partial charge in [-0.2, -0.15) is 0 Å². The zero-order valence-corrected chi connectivity index (χ0v) is 11.9. The maximum atomic E-state index is 12.7. The summed E-state index contributed by atoms with van der Waals surface area (Å²) in [5.41, 5.74) is 2.39. The smallest absolute Gasteiger partial charge is 0.241 e. The first-order chi connectivity index (χ1) is 9.59. The van der Waals surface area contributed by atoms with Crippen molar-refractivity contribution < 1.29 is 9.53 Å². The van der Waals surface area contributed by atoms with Crippen LogP contribution in [0.4, 0.5) is 5.69 Å². The summed E-state index contributed by atoms with van der Waals surface area (Å²) in [6.45, 7) is 1.99. The highest BCUT2D eigenvalue weighted by Gasteiger charge is 2.46. The topological polar surface area (TPSA) is 29.5 Å². The Bertz CT molecular complexity index is 663. The average molecular weight is 267 g/mol. The fourth-order valence-electron chi connectivity index (χ4n) is 2.95. The Labute approximate surface area is 118 Å². The van der Waals surface area contributed by atoms with Crippen LogP contribution in [-0.2, 0) is 10.2 Å². The monoisotopic (exact) mass is 267 g/mol. The van der Waals surface area contributed by atoms with E-state index in [1.54, 1.807) is 12.0 Å². The SMILES string of the molecule is COc1ccc([C@@]2(C)C(=O)N(C)c3ccccc32)cc1. The van der Waals surface area contributed by atoms with E-state index in [1.165, 1.54) is 0 Å². The molecule has 1 aliphatic rings. The quantitative estimate of drug-likeness (QED) is 0.837. The van der Waals surface area contributed by atoms with E-state index in [0.29, 0.717) is 0 Å². The zero-order chi connectivity index (χ0) is 14.3. The molecule has 102 valence electrons. The molecule has 0 fully saturated rings. The Kier molecular flexibility index (Phi) is 2.78. The van der Waals surface area contributed by atoms with Gasteiger partial charge < -0.3 is 9.64 Å². The second kappa shape index (κ2) is 4.37. The fraction of sp³-hybridized carbons (Fsp3) is 0.235. The zero-order valence-electron chi connectivity index (χ0n) is 11.9. The van der Waals surface area contributed by atoms with E-state index in [1.807, 2.05) is 62.5 Å². The molecule has 1 amide bonds. The number of nitrogens with zero attached hydrogens (tertiary/aromatic N) is 1. The van der Waals surface area contributed by atoms with Crippen LogP contribution in [-0.4, -0.2) is 20.1 Å². The van der Waals surface area contributed by atoms with Crippen molar-refractivity contribution >= 4 is 11.6 Å². The standard InChI is InChI=1S/C17H17NO2/c1-17(12-8-10-13(20-3)11-9-12)14-6-4-5-7-15(14)18(2)16(17)19/h4-11H,1-3H3/t17-/m1/s1. The number of likely N-dealkylation sites (N-methyl/N-ethyl adjacent to an activating group) is 1. The van der Waals surface area contributed by atoms with Crippen molar-refractivity contribution in [2.75, 3.05) is 19.1 Å². The largest absolute Gasteiger partial charge is 0.497 e. The Morgan fingerprint density at radius 3 is 2.35 bits per heavy atom. The molecule has 0 unspecified atom stereocenters. The number of carbonyl (C=O) groups is 1. The maximum Gasteiger partial charge on any atom is 0.241 e. The number of para-hydroxylation sites is 1. The lowest BCUT2D eigenvalue weighted by atomic mass is 9.77. The van der Waals surface area contributed by atoms with Crippen molar-refractivity contribution in [3.8, 4) is 5.75 Å². The minimum atomic E-state index is -0.627. The van der Waals surface area contributed by atoms with Gasteiger partial charge in [-0.05, 0) is 36.2 Å². The molecular weight excluding hydrogens is 250 g/mol. The van der Waals surface area contributed by atoms with Crippen molar-refractivity contribution in [2.24, 2.45) is 0 Å². The lowest BCUT2D eigenvalue weighted by Gasteiger charge is -2.24. The fourth-order valence-corrected chi connectivity index (χ4v) is 2.95. The highest BCUT2D eigenvalue weighted by Crippen LogP contribution is 2.45. The predicted molar refractivity (Wildman–Crippen MR) is 79.3 cm³/mol. The maximum absolute atomic E-state index is 12.7. The van der Waals surface area contributed by atoms with Crippen LogP contribution in [0.15, 0.2) is 48.5 Å². The van der Waals surface area contributed by atoms with Crippen LogP contribution in [0, 0.1) is 0 Å². The third-order valence-corrected chi connectivity index (χ3v) is 4.20. The van der Waals surface area contributed by atoms with Gasteiger partial charge in [-0.1, -0.05) is 30.3 Å². The van der Waals surface area contributed by atoms with Crippen LogP contribution < -0.4 is 9.64 Å². The normalized spacial score (nSPS) is 20.9. The van der Waals surface area contributed by atoms with E-state index in [0.717, 1.165) is 22.6 Å². The summed E-state index contributed by atoms with van der Waals surface area (Å²) < 4.78 is 5.19. The number of rotatable bonds is 2. The number of methoxy groups -OCH3 is 1. The Hall–Kier alpha value is -2.29. The molecule has 2 aromatic carbocycles. The second-order valence-electron chi connectivity index (χ2n) is 5.23. The van der Waals surface area contributed by atoms with Gasteiger partial charge in [0.05, 0.1) is 12.5 Å². The van der Waals surface area contributed by atoms with E-state index in [2.05, 4.69) is 0 Å². The molecule has 0 N–H and O–H groups in total. The highest BCUT2D eigenvalue weighted by atomic mass is 16.5. The molecule has 2 aromatic rings. The minimum absolute atomic E-state index is 0.101. The van der Waals surface area contributed by atoms with Gasteiger partial charge in [0.2, 0.25) is 5.91 Å². The molecule has 0 radical (unpaired) electrons. The third kappa shape index (κ3) is 1.56. The molecule has 1 atom stereocenters. The summed E-state index contributed by atoms with van der Waals surface area (Å²) in [6.07, 6.45) is 0. The van der Waals surface area contributed by atoms with Gasteiger partial charge in [0.15, 0.2) is 0 Å². The number of anilines is 1. The number of benzene rings is 2. The van der Waals surface area contributed by atoms with Gasteiger partial charge >= 0.3 is 0 Å². The molecule has 3 rings (SSSR count).